The molecule has 0 fully saturated rings. The molecule has 0 amide bonds. The number of nitrogens with zero attached hydrogens (tertiary/aromatic N) is 1. The number of halogens is 1. The van der Waals surface area contributed by atoms with Crippen molar-refractivity contribution in [2.24, 2.45) is 0 Å². The molecule has 4 heteroatoms. The molecule has 0 radical (unpaired) electrons. The van der Waals surface area contributed by atoms with E-state index in [9.17, 15) is 9.18 Å². The van der Waals surface area contributed by atoms with E-state index in [-0.39, 0.29) is 23.9 Å². The van der Waals surface area contributed by atoms with E-state index in [0.717, 1.165) is 6.07 Å². The van der Waals surface area contributed by atoms with E-state index in [2.05, 4.69) is 0 Å². The Kier molecular flexibility index (Phi) is 4.01. The molecule has 0 aliphatic carbocycles. The van der Waals surface area contributed by atoms with Crippen molar-refractivity contribution >= 4 is 5.78 Å². The van der Waals surface area contributed by atoms with Crippen LogP contribution in [0.3, 0.4) is 0 Å². The zero-order valence-corrected chi connectivity index (χ0v) is 9.16. The SMILES string of the molecule is CC(=O)CC(C)Oc1ccc(C#N)c(F)c1. The molecule has 84 valence electrons. The van der Waals surface area contributed by atoms with Gasteiger partial charge >= 0.3 is 0 Å². The first-order valence-corrected chi connectivity index (χ1v) is 4.88. The topological polar surface area (TPSA) is 50.1 Å². The molecule has 1 aromatic carbocycles. The molecule has 0 saturated heterocycles. The van der Waals surface area contributed by atoms with Crippen LogP contribution in [-0.2, 0) is 4.79 Å². The highest BCUT2D eigenvalue weighted by Gasteiger charge is 2.09. The van der Waals surface area contributed by atoms with Gasteiger partial charge in [-0.3, -0.25) is 4.79 Å². The fourth-order valence-corrected chi connectivity index (χ4v) is 1.34. The molecular formula is C12H12FNO2. The van der Waals surface area contributed by atoms with Crippen LogP contribution in [0.4, 0.5) is 4.39 Å². The predicted octanol–water partition coefficient (Wildman–Crippen LogP) is 2.44. The Morgan fingerprint density at radius 3 is 2.81 bits per heavy atom. The minimum Gasteiger partial charge on any atom is -0.490 e. The summed E-state index contributed by atoms with van der Waals surface area (Å²) in [6, 6.07) is 5.74. The third-order valence-electron chi connectivity index (χ3n) is 1.97. The first kappa shape index (κ1) is 12.2. The summed E-state index contributed by atoms with van der Waals surface area (Å²) >= 11 is 0. The summed E-state index contributed by atoms with van der Waals surface area (Å²) in [5, 5.41) is 8.53. The standard InChI is InChI=1S/C12H12FNO2/c1-8(15)5-9(2)16-11-4-3-10(7-14)12(13)6-11/h3-4,6,9H,5H2,1-2H3. The number of carbonyl (C=O) groups excluding carboxylic acids is 1. The maximum Gasteiger partial charge on any atom is 0.144 e. The Labute approximate surface area is 93.5 Å². The second-order valence-corrected chi connectivity index (χ2v) is 3.59. The van der Waals surface area contributed by atoms with Gasteiger partial charge in [-0.15, -0.1) is 0 Å². The third kappa shape index (κ3) is 3.35. The molecule has 1 rings (SSSR count). The molecule has 0 saturated carbocycles. The quantitative estimate of drug-likeness (QED) is 0.784. The lowest BCUT2D eigenvalue weighted by Gasteiger charge is -2.13. The molecule has 0 aromatic heterocycles. The number of nitriles is 1. The summed E-state index contributed by atoms with van der Waals surface area (Å²) in [6.07, 6.45) is -0.0217. The highest BCUT2D eigenvalue weighted by molar-refractivity contribution is 5.75. The van der Waals surface area contributed by atoms with Gasteiger partial charge in [-0.25, -0.2) is 4.39 Å². The van der Waals surface area contributed by atoms with Gasteiger partial charge in [0.15, 0.2) is 0 Å². The van der Waals surface area contributed by atoms with Crippen LogP contribution in [0.25, 0.3) is 0 Å². The number of ketones is 1. The number of Topliss-reactive ketones (excluding diaryl/α,β-unsaturated/α-hetero) is 1. The smallest absolute Gasteiger partial charge is 0.144 e. The van der Waals surface area contributed by atoms with Crippen molar-refractivity contribution in [3.05, 3.63) is 29.6 Å². The Balaban J connectivity index is 2.72. The van der Waals surface area contributed by atoms with Gasteiger partial charge in [-0.05, 0) is 26.0 Å². The Hall–Kier alpha value is -1.89. The van der Waals surface area contributed by atoms with Crippen molar-refractivity contribution in [3.63, 3.8) is 0 Å². The summed E-state index contributed by atoms with van der Waals surface area (Å²) in [5.74, 6) is -0.276. The van der Waals surface area contributed by atoms with Crippen LogP contribution in [0.2, 0.25) is 0 Å². The van der Waals surface area contributed by atoms with Crippen molar-refractivity contribution in [1.82, 2.24) is 0 Å². The van der Waals surface area contributed by atoms with E-state index < -0.39 is 5.82 Å². The highest BCUT2D eigenvalue weighted by Crippen LogP contribution is 2.18. The third-order valence-corrected chi connectivity index (χ3v) is 1.97. The molecule has 1 aromatic rings. The summed E-state index contributed by atoms with van der Waals surface area (Å²) < 4.78 is 18.5. The average Bonchev–Trinajstić information content (AvgIpc) is 2.16. The van der Waals surface area contributed by atoms with Crippen molar-refractivity contribution in [2.75, 3.05) is 0 Å². The summed E-state index contributed by atoms with van der Waals surface area (Å²) in [6.45, 7) is 3.21. The van der Waals surface area contributed by atoms with E-state index in [1.165, 1.54) is 19.1 Å². The fourth-order valence-electron chi connectivity index (χ4n) is 1.34. The number of benzene rings is 1. The second-order valence-electron chi connectivity index (χ2n) is 3.59. The summed E-state index contributed by atoms with van der Waals surface area (Å²) in [7, 11) is 0. The average molecular weight is 221 g/mol. The van der Waals surface area contributed by atoms with Gasteiger partial charge in [0.05, 0.1) is 5.56 Å². The number of hydrogen-bond donors (Lipinski definition) is 0. The molecule has 0 aliphatic heterocycles. The molecule has 16 heavy (non-hydrogen) atoms. The second kappa shape index (κ2) is 5.26. The lowest BCUT2D eigenvalue weighted by Crippen LogP contribution is -2.15. The highest BCUT2D eigenvalue weighted by atomic mass is 19.1. The monoisotopic (exact) mass is 221 g/mol. The van der Waals surface area contributed by atoms with E-state index >= 15 is 0 Å². The van der Waals surface area contributed by atoms with Gasteiger partial charge in [0, 0.05) is 12.5 Å². The van der Waals surface area contributed by atoms with Gasteiger partial charge < -0.3 is 4.74 Å². The molecule has 1 unspecified atom stereocenters. The normalized spacial score (nSPS) is 11.6. The molecule has 3 nitrogen and oxygen atoms in total. The minimum absolute atomic E-state index is 0.0154. The number of ether oxygens (including phenoxy) is 1. The lowest BCUT2D eigenvalue weighted by molar-refractivity contribution is -0.118. The first-order chi connectivity index (χ1) is 7.52. The van der Waals surface area contributed by atoms with Crippen molar-refractivity contribution in [2.45, 2.75) is 26.4 Å². The first-order valence-electron chi connectivity index (χ1n) is 4.88. The van der Waals surface area contributed by atoms with Crippen LogP contribution in [0.5, 0.6) is 5.75 Å². The van der Waals surface area contributed by atoms with E-state index in [1.807, 2.05) is 0 Å². The van der Waals surface area contributed by atoms with Crippen LogP contribution in [-0.4, -0.2) is 11.9 Å². The van der Waals surface area contributed by atoms with Crippen molar-refractivity contribution in [3.8, 4) is 11.8 Å². The maximum atomic E-state index is 13.2. The van der Waals surface area contributed by atoms with E-state index in [0.29, 0.717) is 5.75 Å². The largest absolute Gasteiger partial charge is 0.490 e. The Morgan fingerprint density at radius 2 is 2.31 bits per heavy atom. The molecule has 1 atom stereocenters. The number of rotatable bonds is 4. The number of carbonyl (C=O) groups is 1. The van der Waals surface area contributed by atoms with Crippen LogP contribution in [0.1, 0.15) is 25.8 Å². The van der Waals surface area contributed by atoms with Gasteiger partial charge in [-0.2, -0.15) is 5.26 Å². The molecule has 0 heterocycles. The van der Waals surface area contributed by atoms with E-state index in [4.69, 9.17) is 10.00 Å². The van der Waals surface area contributed by atoms with Gasteiger partial charge in [-0.1, -0.05) is 0 Å². The molecule has 0 spiro atoms. The van der Waals surface area contributed by atoms with Crippen LogP contribution in [0, 0.1) is 17.1 Å². The molecule has 0 aliphatic rings. The molecule has 0 N–H and O–H groups in total. The molecular weight excluding hydrogens is 209 g/mol. The van der Waals surface area contributed by atoms with E-state index in [1.54, 1.807) is 13.0 Å². The van der Waals surface area contributed by atoms with Gasteiger partial charge in [0.1, 0.15) is 29.5 Å². The minimum atomic E-state index is -0.616. The number of hydrogen-bond acceptors (Lipinski definition) is 3. The van der Waals surface area contributed by atoms with Crippen LogP contribution in [0.15, 0.2) is 18.2 Å². The van der Waals surface area contributed by atoms with Crippen molar-refractivity contribution in [1.29, 1.82) is 5.26 Å². The van der Waals surface area contributed by atoms with Gasteiger partial charge in [0.2, 0.25) is 0 Å². The lowest BCUT2D eigenvalue weighted by atomic mass is 10.2. The molecule has 0 bridgehead atoms. The Morgan fingerprint density at radius 1 is 1.62 bits per heavy atom. The van der Waals surface area contributed by atoms with Crippen LogP contribution >= 0.6 is 0 Å². The fraction of sp³-hybridized carbons (Fsp3) is 0.333. The Bertz CT molecular complexity index is 437. The maximum absolute atomic E-state index is 13.2. The summed E-state index contributed by atoms with van der Waals surface area (Å²) in [4.78, 5) is 10.8. The predicted molar refractivity (Wildman–Crippen MR) is 56.5 cm³/mol. The summed E-state index contributed by atoms with van der Waals surface area (Å²) in [5.41, 5.74) is -0.0217. The van der Waals surface area contributed by atoms with Gasteiger partial charge in [0.25, 0.3) is 0 Å². The van der Waals surface area contributed by atoms with Crippen molar-refractivity contribution < 1.29 is 13.9 Å². The zero-order valence-electron chi connectivity index (χ0n) is 9.16. The zero-order chi connectivity index (χ0) is 12.1. The van der Waals surface area contributed by atoms with Crippen LogP contribution < -0.4 is 4.74 Å².